The van der Waals surface area contributed by atoms with E-state index in [0.29, 0.717) is 74.7 Å². The Morgan fingerprint density at radius 1 is 0.964 bits per heavy atom. The third-order valence-electron chi connectivity index (χ3n) is 9.42. The molecule has 3 atom stereocenters. The molecule has 3 amide bonds. The highest BCUT2D eigenvalue weighted by Crippen LogP contribution is 2.39. The van der Waals surface area contributed by atoms with E-state index in [4.69, 9.17) is 33.5 Å². The molecule has 0 radical (unpaired) electrons. The van der Waals surface area contributed by atoms with Crippen LogP contribution in [0.25, 0.3) is 11.0 Å². The van der Waals surface area contributed by atoms with Gasteiger partial charge in [0.1, 0.15) is 37.1 Å². The molecule has 7 heterocycles. The van der Waals surface area contributed by atoms with Crippen molar-refractivity contribution in [3.05, 3.63) is 60.3 Å². The minimum absolute atomic E-state index is 0.00915. The van der Waals surface area contributed by atoms with E-state index in [-0.39, 0.29) is 30.6 Å². The molecule has 18 nitrogen and oxygen atoms in total. The first-order chi connectivity index (χ1) is 27.2. The van der Waals surface area contributed by atoms with E-state index in [2.05, 4.69) is 25.3 Å². The first kappa shape index (κ1) is 36.8. The van der Waals surface area contributed by atoms with Crippen molar-refractivity contribution < 1.29 is 57.4 Å². The Kier molecular flexibility index (Phi) is 10.4. The van der Waals surface area contributed by atoms with Crippen molar-refractivity contribution in [1.82, 2.24) is 15.3 Å². The zero-order valence-corrected chi connectivity index (χ0v) is 30.7. The van der Waals surface area contributed by atoms with Crippen LogP contribution in [0.2, 0.25) is 0 Å². The molecule has 0 saturated carbocycles. The molecule has 1 unspecified atom stereocenters. The Hall–Kier alpha value is -6.21. The maximum Gasteiger partial charge on any atom is 0.508 e. The maximum atomic E-state index is 12.5. The molecule has 2 aromatic carbocycles. The number of hydrogen-bond donors (Lipinski definition) is 3. The number of rotatable bonds is 9. The van der Waals surface area contributed by atoms with Gasteiger partial charge in [0, 0.05) is 40.7 Å². The molecule has 3 N–H and O–H groups in total. The highest BCUT2D eigenvalue weighted by molar-refractivity contribution is 8.00. The fraction of sp³-hybridized carbons (Fsp3) is 0.351. The average molecular weight is 789 g/mol. The number of ether oxygens (including phenoxy) is 7. The lowest BCUT2D eigenvalue weighted by Gasteiger charge is -2.20. The number of hydrogen-bond acceptors (Lipinski definition) is 15. The van der Waals surface area contributed by atoms with Crippen LogP contribution in [0.3, 0.4) is 0 Å². The summed E-state index contributed by atoms with van der Waals surface area (Å²) < 4.78 is 36.8. The van der Waals surface area contributed by atoms with Crippen molar-refractivity contribution in [2.45, 2.75) is 29.6 Å². The summed E-state index contributed by atoms with van der Waals surface area (Å²) in [5.74, 6) is 2.95. The smallest absolute Gasteiger partial charge is 0.491 e. The molecule has 292 valence electrons. The number of carboxylic acid groups (broad SMARTS) is 1. The van der Waals surface area contributed by atoms with Crippen LogP contribution in [0, 0.1) is 0 Å². The lowest BCUT2D eigenvalue weighted by molar-refractivity contribution is -0.113. The molecule has 9 rings (SSSR count). The van der Waals surface area contributed by atoms with Gasteiger partial charge in [-0.1, -0.05) is 0 Å². The molecule has 0 bridgehead atoms. The fourth-order valence-corrected chi connectivity index (χ4v) is 7.58. The topological polar surface area (TPSA) is 209 Å². The molecule has 5 aliphatic heterocycles. The summed E-state index contributed by atoms with van der Waals surface area (Å²) in [5, 5.41) is 14.9. The Morgan fingerprint density at radius 2 is 1.75 bits per heavy atom. The second-order valence-corrected chi connectivity index (χ2v) is 14.0. The lowest BCUT2D eigenvalue weighted by Crippen LogP contribution is -2.28. The predicted molar refractivity (Wildman–Crippen MR) is 199 cm³/mol. The van der Waals surface area contributed by atoms with Gasteiger partial charge in [-0.3, -0.25) is 19.6 Å². The van der Waals surface area contributed by atoms with Crippen LogP contribution in [0.5, 0.6) is 23.1 Å². The number of anilines is 3. The van der Waals surface area contributed by atoms with Crippen molar-refractivity contribution in [3.63, 3.8) is 0 Å². The van der Waals surface area contributed by atoms with Crippen LogP contribution in [0.4, 0.5) is 31.4 Å². The third kappa shape index (κ3) is 7.80. The Balaban J connectivity index is 0.000000186. The molecule has 0 aliphatic carbocycles. The van der Waals surface area contributed by atoms with Crippen LogP contribution in [0.1, 0.15) is 17.9 Å². The summed E-state index contributed by atoms with van der Waals surface area (Å²) in [6, 6.07) is 14.4. The SMILES string of the molecule is COc1ccc2ncc3c(c2n1)C(CNCC[C@H]1CN(c2ccc4c(c2)NC(=O)CS4)C(=O)O1)CO3.O=C(O)O[C@H]1CN(c2ccc3c(c2)OCCO3)C(=O)O1. The van der Waals surface area contributed by atoms with Gasteiger partial charge in [-0.25, -0.2) is 19.4 Å². The Morgan fingerprint density at radius 3 is 2.59 bits per heavy atom. The Labute approximate surface area is 323 Å². The number of amides is 3. The maximum absolute atomic E-state index is 12.5. The number of nitrogens with one attached hydrogen (secondary N) is 2. The number of methoxy groups -OCH3 is 1. The van der Waals surface area contributed by atoms with Crippen molar-refractivity contribution in [2.24, 2.45) is 0 Å². The molecule has 2 saturated heterocycles. The van der Waals surface area contributed by atoms with Crippen LogP contribution in [0.15, 0.2) is 59.6 Å². The molecule has 2 aromatic heterocycles. The second-order valence-electron chi connectivity index (χ2n) is 13.0. The van der Waals surface area contributed by atoms with Gasteiger partial charge in [0.25, 0.3) is 6.29 Å². The van der Waals surface area contributed by atoms with E-state index in [1.807, 2.05) is 24.3 Å². The number of benzene rings is 2. The van der Waals surface area contributed by atoms with Gasteiger partial charge in [0.15, 0.2) is 11.5 Å². The van der Waals surface area contributed by atoms with Gasteiger partial charge in [-0.05, 0) is 49.4 Å². The van der Waals surface area contributed by atoms with E-state index in [1.165, 1.54) is 16.7 Å². The molecule has 0 spiro atoms. The summed E-state index contributed by atoms with van der Waals surface area (Å²) in [7, 11) is 1.60. The average Bonchev–Trinajstić information content (AvgIpc) is 3.91. The summed E-state index contributed by atoms with van der Waals surface area (Å²) in [6.07, 6.45) is -1.44. The van der Waals surface area contributed by atoms with Crippen LogP contribution in [-0.4, -0.2) is 111 Å². The largest absolute Gasteiger partial charge is 0.508 e. The number of pyridine rings is 2. The van der Waals surface area contributed by atoms with E-state index >= 15 is 0 Å². The first-order valence-corrected chi connectivity index (χ1v) is 18.7. The second kappa shape index (κ2) is 15.9. The van der Waals surface area contributed by atoms with Crippen molar-refractivity contribution in [2.75, 3.05) is 74.0 Å². The van der Waals surface area contributed by atoms with Gasteiger partial charge in [-0.2, -0.15) is 0 Å². The fourth-order valence-electron chi connectivity index (χ4n) is 6.79. The van der Waals surface area contributed by atoms with E-state index < -0.39 is 18.5 Å². The zero-order valence-electron chi connectivity index (χ0n) is 29.9. The van der Waals surface area contributed by atoms with Crippen molar-refractivity contribution in [3.8, 4) is 23.1 Å². The van der Waals surface area contributed by atoms with Gasteiger partial charge in [0.2, 0.25) is 11.8 Å². The molecule has 56 heavy (non-hydrogen) atoms. The van der Waals surface area contributed by atoms with Crippen LogP contribution < -0.4 is 39.4 Å². The van der Waals surface area contributed by atoms with E-state index in [9.17, 15) is 19.2 Å². The van der Waals surface area contributed by atoms with Gasteiger partial charge in [-0.15, -0.1) is 11.8 Å². The number of carbonyl (C=O) groups excluding carboxylic acids is 3. The standard InChI is InChI=1S/C25H25N5O5S.C12H11NO7/c1-33-22-5-3-17-24(29-22)23-14(12-34-19(23)10-27-17)9-26-7-6-16-11-30(25(32)35-16)15-2-4-20-18(8-15)28-21(31)13-36-20;14-11-13(6-10(19-11)20-12(15)16)7-1-2-8-9(5-7)18-4-3-17-8/h2-5,8,10,14,16,26H,6-7,9,11-13H2,1H3,(H,28,31);1-2,5,10H,3-4,6H2,(H,15,16)/t14?,16-;10-/m00/s1. The monoisotopic (exact) mass is 788 g/mol. The number of thioether (sulfide) groups is 1. The first-order valence-electron chi connectivity index (χ1n) is 17.7. The number of fused-ring (bicyclic) bond motifs is 5. The molecule has 19 heteroatoms. The van der Waals surface area contributed by atoms with E-state index in [1.54, 1.807) is 42.5 Å². The van der Waals surface area contributed by atoms with Gasteiger partial charge >= 0.3 is 18.3 Å². The quantitative estimate of drug-likeness (QED) is 0.156. The molecular formula is C37H36N6O12S. The number of cyclic esters (lactones) is 2. The van der Waals surface area contributed by atoms with Crippen LogP contribution >= 0.6 is 11.8 Å². The molecule has 2 fully saturated rings. The Bertz CT molecular complexity index is 2190. The number of carbonyl (C=O) groups is 4. The number of aromatic nitrogens is 2. The number of nitrogens with zero attached hydrogens (tertiary/aromatic N) is 4. The lowest BCUT2D eigenvalue weighted by atomic mass is 10.00. The summed E-state index contributed by atoms with van der Waals surface area (Å²) >= 11 is 1.49. The minimum atomic E-state index is -1.49. The zero-order chi connectivity index (χ0) is 38.8. The summed E-state index contributed by atoms with van der Waals surface area (Å²) in [4.78, 5) is 59.3. The minimum Gasteiger partial charge on any atom is -0.491 e. The van der Waals surface area contributed by atoms with Crippen LogP contribution in [-0.2, 0) is 19.0 Å². The van der Waals surface area contributed by atoms with Gasteiger partial charge in [0.05, 0.1) is 49.1 Å². The normalized spacial score (nSPS) is 20.5. The van der Waals surface area contributed by atoms with Crippen molar-refractivity contribution in [1.29, 1.82) is 0 Å². The van der Waals surface area contributed by atoms with Crippen molar-refractivity contribution >= 4 is 64.1 Å². The highest BCUT2D eigenvalue weighted by atomic mass is 32.2. The predicted octanol–water partition coefficient (Wildman–Crippen LogP) is 4.60. The summed E-state index contributed by atoms with van der Waals surface area (Å²) in [5.41, 5.74) is 4.64. The third-order valence-corrected chi connectivity index (χ3v) is 10.5. The molecule has 4 aromatic rings. The van der Waals surface area contributed by atoms with Gasteiger partial charge < -0.3 is 48.9 Å². The molecular weight excluding hydrogens is 753 g/mol. The van der Waals surface area contributed by atoms with E-state index in [0.717, 1.165) is 38.6 Å². The highest BCUT2D eigenvalue weighted by Gasteiger charge is 2.36. The summed E-state index contributed by atoms with van der Waals surface area (Å²) in [6.45, 7) is 3.33. The molecule has 5 aliphatic rings.